The Kier molecular flexibility index (Phi) is 3.65. The lowest BCUT2D eigenvalue weighted by atomic mass is 9.64. The molecular formula is C20H19N3O. The van der Waals surface area contributed by atoms with Crippen LogP contribution >= 0.6 is 0 Å². The van der Waals surface area contributed by atoms with E-state index in [1.54, 1.807) is 4.68 Å². The van der Waals surface area contributed by atoms with Crippen molar-refractivity contribution in [3.63, 3.8) is 0 Å². The van der Waals surface area contributed by atoms with E-state index >= 15 is 0 Å². The largest absolute Gasteiger partial charge is 0.308 e. The van der Waals surface area contributed by atoms with Gasteiger partial charge in [-0.1, -0.05) is 55.0 Å². The maximum Gasteiger partial charge on any atom is 0.236 e. The number of benzene rings is 2. The quantitative estimate of drug-likeness (QED) is 0.792. The Labute approximate surface area is 141 Å². The van der Waals surface area contributed by atoms with Gasteiger partial charge in [-0.05, 0) is 30.5 Å². The molecule has 0 bridgehead atoms. The molecule has 0 unspecified atom stereocenters. The molecule has 0 aliphatic heterocycles. The van der Waals surface area contributed by atoms with Crippen LogP contribution in [0.3, 0.4) is 0 Å². The van der Waals surface area contributed by atoms with E-state index in [2.05, 4.69) is 10.4 Å². The number of carbonyl (C=O) groups is 1. The highest BCUT2D eigenvalue weighted by Gasteiger charge is 2.45. The predicted octanol–water partition coefficient (Wildman–Crippen LogP) is 3.93. The molecule has 0 saturated heterocycles. The van der Waals surface area contributed by atoms with Crippen molar-refractivity contribution in [2.45, 2.75) is 24.7 Å². The SMILES string of the molecule is O=C(Nc1ccn(-c2ccccc2)n1)C1(c2ccccc2)CCC1. The van der Waals surface area contributed by atoms with E-state index in [1.807, 2.05) is 72.9 Å². The molecule has 1 heterocycles. The molecule has 2 aromatic carbocycles. The molecule has 4 rings (SSSR count). The molecule has 1 amide bonds. The smallest absolute Gasteiger partial charge is 0.236 e. The normalized spacial score (nSPS) is 15.5. The molecule has 24 heavy (non-hydrogen) atoms. The number of anilines is 1. The molecule has 4 heteroatoms. The topological polar surface area (TPSA) is 46.9 Å². The van der Waals surface area contributed by atoms with Crippen LogP contribution in [0.2, 0.25) is 0 Å². The van der Waals surface area contributed by atoms with Crippen molar-refractivity contribution >= 4 is 11.7 Å². The zero-order chi connectivity index (χ0) is 16.4. The summed E-state index contributed by atoms with van der Waals surface area (Å²) in [6, 6.07) is 21.8. The minimum absolute atomic E-state index is 0.0401. The summed E-state index contributed by atoms with van der Waals surface area (Å²) in [5, 5.41) is 7.47. The van der Waals surface area contributed by atoms with E-state index in [0.29, 0.717) is 5.82 Å². The number of hydrogen-bond acceptors (Lipinski definition) is 2. The molecule has 3 aromatic rings. The Morgan fingerprint density at radius 3 is 2.25 bits per heavy atom. The monoisotopic (exact) mass is 317 g/mol. The van der Waals surface area contributed by atoms with Gasteiger partial charge in [0.2, 0.25) is 5.91 Å². The summed E-state index contributed by atoms with van der Waals surface area (Å²) in [4.78, 5) is 12.9. The summed E-state index contributed by atoms with van der Waals surface area (Å²) < 4.78 is 1.77. The lowest BCUT2D eigenvalue weighted by molar-refractivity contribution is -0.124. The highest BCUT2D eigenvalue weighted by Crippen LogP contribution is 2.44. The van der Waals surface area contributed by atoms with Crippen LogP contribution in [0, 0.1) is 0 Å². The Morgan fingerprint density at radius 1 is 0.958 bits per heavy atom. The lowest BCUT2D eigenvalue weighted by Crippen LogP contribution is -2.46. The molecule has 1 aliphatic rings. The van der Waals surface area contributed by atoms with Gasteiger partial charge in [0.1, 0.15) is 0 Å². The summed E-state index contributed by atoms with van der Waals surface area (Å²) in [7, 11) is 0. The zero-order valence-corrected chi connectivity index (χ0v) is 13.4. The summed E-state index contributed by atoms with van der Waals surface area (Å²) in [5.74, 6) is 0.629. The first kappa shape index (κ1) is 14.7. The van der Waals surface area contributed by atoms with E-state index in [0.717, 1.165) is 30.5 Å². The standard InChI is InChI=1S/C20H19N3O/c24-19(20(13-7-14-20)16-8-3-1-4-9-16)21-18-12-15-23(22-18)17-10-5-2-6-11-17/h1-6,8-12,15H,7,13-14H2,(H,21,22,24). The molecule has 0 atom stereocenters. The van der Waals surface area contributed by atoms with Gasteiger partial charge >= 0.3 is 0 Å². The van der Waals surface area contributed by atoms with Crippen LogP contribution in [-0.4, -0.2) is 15.7 Å². The summed E-state index contributed by atoms with van der Waals surface area (Å²) in [6.07, 6.45) is 4.73. The van der Waals surface area contributed by atoms with Gasteiger partial charge in [-0.25, -0.2) is 4.68 Å². The zero-order valence-electron chi connectivity index (χ0n) is 13.4. The number of nitrogens with one attached hydrogen (secondary N) is 1. The van der Waals surface area contributed by atoms with Crippen molar-refractivity contribution in [1.82, 2.24) is 9.78 Å². The van der Waals surface area contributed by atoms with E-state index in [9.17, 15) is 4.79 Å². The Morgan fingerprint density at radius 2 is 1.62 bits per heavy atom. The molecule has 1 aliphatic carbocycles. The number of para-hydroxylation sites is 1. The van der Waals surface area contributed by atoms with Gasteiger partial charge < -0.3 is 5.32 Å². The predicted molar refractivity (Wildman–Crippen MR) is 94.2 cm³/mol. The Bertz CT molecular complexity index is 836. The number of carbonyl (C=O) groups excluding carboxylic acids is 1. The lowest BCUT2D eigenvalue weighted by Gasteiger charge is -2.40. The summed E-state index contributed by atoms with van der Waals surface area (Å²) in [5.41, 5.74) is 1.66. The summed E-state index contributed by atoms with van der Waals surface area (Å²) in [6.45, 7) is 0. The van der Waals surface area contributed by atoms with Gasteiger partial charge in [-0.2, -0.15) is 5.10 Å². The highest BCUT2D eigenvalue weighted by atomic mass is 16.2. The fourth-order valence-electron chi connectivity index (χ4n) is 3.29. The van der Waals surface area contributed by atoms with Crippen molar-refractivity contribution in [1.29, 1.82) is 0 Å². The van der Waals surface area contributed by atoms with Crippen molar-refractivity contribution in [3.8, 4) is 5.69 Å². The third kappa shape index (κ3) is 2.50. The third-order valence-corrected chi connectivity index (χ3v) is 4.82. The second-order valence-corrected chi connectivity index (χ2v) is 6.24. The van der Waals surface area contributed by atoms with Crippen LogP contribution < -0.4 is 5.32 Å². The maximum absolute atomic E-state index is 12.9. The summed E-state index contributed by atoms with van der Waals surface area (Å²) >= 11 is 0. The van der Waals surface area contributed by atoms with Crippen molar-refractivity contribution in [3.05, 3.63) is 78.5 Å². The Hall–Kier alpha value is -2.88. The molecule has 0 spiro atoms. The Balaban J connectivity index is 1.55. The van der Waals surface area contributed by atoms with Crippen molar-refractivity contribution in [2.75, 3.05) is 5.32 Å². The second-order valence-electron chi connectivity index (χ2n) is 6.24. The van der Waals surface area contributed by atoms with Crippen LogP contribution in [-0.2, 0) is 10.2 Å². The molecule has 0 radical (unpaired) electrons. The second kappa shape index (κ2) is 5.96. The fraction of sp³-hybridized carbons (Fsp3) is 0.200. The van der Waals surface area contributed by atoms with Gasteiger partial charge in [-0.15, -0.1) is 0 Å². The van der Waals surface area contributed by atoms with E-state index in [1.165, 1.54) is 0 Å². The van der Waals surface area contributed by atoms with Gasteiger partial charge in [0.05, 0.1) is 11.1 Å². The number of hydrogen-bond donors (Lipinski definition) is 1. The first-order valence-corrected chi connectivity index (χ1v) is 8.26. The highest BCUT2D eigenvalue weighted by molar-refractivity contribution is 5.99. The molecular weight excluding hydrogens is 298 g/mol. The molecule has 1 saturated carbocycles. The van der Waals surface area contributed by atoms with E-state index in [4.69, 9.17) is 0 Å². The van der Waals surface area contributed by atoms with Crippen LogP contribution in [0.25, 0.3) is 5.69 Å². The molecule has 1 N–H and O–H groups in total. The van der Waals surface area contributed by atoms with Crippen LogP contribution in [0.15, 0.2) is 72.9 Å². The van der Waals surface area contributed by atoms with Gasteiger partial charge in [-0.3, -0.25) is 4.79 Å². The number of nitrogens with zero attached hydrogens (tertiary/aromatic N) is 2. The van der Waals surface area contributed by atoms with Crippen LogP contribution in [0.4, 0.5) is 5.82 Å². The third-order valence-electron chi connectivity index (χ3n) is 4.82. The van der Waals surface area contributed by atoms with E-state index < -0.39 is 5.41 Å². The fourth-order valence-corrected chi connectivity index (χ4v) is 3.29. The average molecular weight is 317 g/mol. The first-order valence-electron chi connectivity index (χ1n) is 8.26. The van der Waals surface area contributed by atoms with Gasteiger partial charge in [0, 0.05) is 12.3 Å². The first-order chi connectivity index (χ1) is 11.8. The van der Waals surface area contributed by atoms with Crippen LogP contribution in [0.1, 0.15) is 24.8 Å². The minimum Gasteiger partial charge on any atom is -0.308 e. The number of amides is 1. The van der Waals surface area contributed by atoms with Gasteiger partial charge in [0.25, 0.3) is 0 Å². The average Bonchev–Trinajstić information content (AvgIpc) is 3.04. The van der Waals surface area contributed by atoms with Crippen molar-refractivity contribution < 1.29 is 4.79 Å². The van der Waals surface area contributed by atoms with Crippen molar-refractivity contribution in [2.24, 2.45) is 0 Å². The van der Waals surface area contributed by atoms with E-state index in [-0.39, 0.29) is 5.91 Å². The maximum atomic E-state index is 12.9. The number of aromatic nitrogens is 2. The molecule has 4 nitrogen and oxygen atoms in total. The minimum atomic E-state index is -0.405. The molecule has 1 fully saturated rings. The number of rotatable bonds is 4. The van der Waals surface area contributed by atoms with Gasteiger partial charge in [0.15, 0.2) is 5.82 Å². The molecule has 120 valence electrons. The van der Waals surface area contributed by atoms with Crippen LogP contribution in [0.5, 0.6) is 0 Å². The molecule has 1 aromatic heterocycles.